The molecule has 2 aliphatic heterocycles. The van der Waals surface area contributed by atoms with Crippen LogP contribution in [0.4, 0.5) is 5.69 Å². The molecule has 6 heteroatoms. The minimum absolute atomic E-state index is 0.0718. The lowest BCUT2D eigenvalue weighted by atomic mass is 9.84. The van der Waals surface area contributed by atoms with Crippen LogP contribution in [0.1, 0.15) is 36.8 Å². The number of fused-ring (bicyclic) bond motifs is 1. The molecule has 29 heavy (non-hydrogen) atoms. The summed E-state index contributed by atoms with van der Waals surface area (Å²) in [5, 5.41) is 13.9. The first-order chi connectivity index (χ1) is 14.0. The Balaban J connectivity index is 1.24. The summed E-state index contributed by atoms with van der Waals surface area (Å²) in [5.41, 5.74) is 2.24. The van der Waals surface area contributed by atoms with Crippen LogP contribution in [0.2, 0.25) is 0 Å². The molecular weight excluding hydrogens is 432 g/mol. The minimum atomic E-state index is -0.732. The zero-order valence-corrected chi connectivity index (χ0v) is 18.1. The largest absolute Gasteiger partial charge is 0.493 e. The molecule has 0 atom stereocenters. The van der Waals surface area contributed by atoms with Crippen molar-refractivity contribution in [2.75, 3.05) is 31.6 Å². The molecule has 2 N–H and O–H groups in total. The molecule has 2 aromatic carbocycles. The van der Waals surface area contributed by atoms with Gasteiger partial charge in [-0.15, -0.1) is 0 Å². The third-order valence-corrected chi connectivity index (χ3v) is 6.42. The normalized spacial score (nSPS) is 18.8. The summed E-state index contributed by atoms with van der Waals surface area (Å²) < 4.78 is 7.03. The summed E-state index contributed by atoms with van der Waals surface area (Å²) >= 11 is 3.50. The number of benzene rings is 2. The Kier molecular flexibility index (Phi) is 6.23. The second kappa shape index (κ2) is 8.86. The number of carbonyl (C=O) groups excluding carboxylic acids is 1. The van der Waals surface area contributed by atoms with Gasteiger partial charge in [-0.1, -0.05) is 34.1 Å². The first-order valence-corrected chi connectivity index (χ1v) is 11.1. The first-order valence-electron chi connectivity index (χ1n) is 10.3. The maximum Gasteiger partial charge on any atom is 0.224 e. The number of rotatable bonds is 6. The first kappa shape index (κ1) is 20.4. The summed E-state index contributed by atoms with van der Waals surface area (Å²) in [7, 11) is 0. The predicted octanol–water partition coefficient (Wildman–Crippen LogP) is 4.09. The second-order valence-corrected chi connectivity index (χ2v) is 8.83. The van der Waals surface area contributed by atoms with Crippen LogP contribution in [-0.2, 0) is 16.8 Å². The molecule has 2 heterocycles. The molecule has 0 bridgehead atoms. The van der Waals surface area contributed by atoms with Gasteiger partial charge in [-0.05, 0) is 55.5 Å². The van der Waals surface area contributed by atoms with E-state index in [9.17, 15) is 9.90 Å². The minimum Gasteiger partial charge on any atom is -0.493 e. The van der Waals surface area contributed by atoms with Crippen LogP contribution < -0.4 is 10.1 Å². The summed E-state index contributed by atoms with van der Waals surface area (Å²) in [4.78, 5) is 13.9. The van der Waals surface area contributed by atoms with E-state index in [4.69, 9.17) is 4.74 Å². The number of nitrogens with one attached hydrogen (secondary N) is 1. The van der Waals surface area contributed by atoms with Gasteiger partial charge in [0.15, 0.2) is 0 Å². The average molecular weight is 459 g/mol. The van der Waals surface area contributed by atoms with Gasteiger partial charge in [-0.2, -0.15) is 0 Å². The van der Waals surface area contributed by atoms with Crippen molar-refractivity contribution >= 4 is 27.5 Å². The Morgan fingerprint density at radius 3 is 2.72 bits per heavy atom. The van der Waals surface area contributed by atoms with Crippen LogP contribution in [0.3, 0.4) is 0 Å². The summed E-state index contributed by atoms with van der Waals surface area (Å²) in [6, 6.07) is 13.8. The quantitative estimate of drug-likeness (QED) is 0.639. The van der Waals surface area contributed by atoms with Crippen molar-refractivity contribution in [2.45, 2.75) is 37.7 Å². The Hall–Kier alpha value is -1.89. The topological polar surface area (TPSA) is 61.8 Å². The van der Waals surface area contributed by atoms with E-state index in [0.29, 0.717) is 13.0 Å². The van der Waals surface area contributed by atoms with Crippen molar-refractivity contribution < 1.29 is 14.6 Å². The van der Waals surface area contributed by atoms with Gasteiger partial charge in [-0.3, -0.25) is 4.79 Å². The summed E-state index contributed by atoms with van der Waals surface area (Å²) in [6.45, 7) is 3.38. The maximum atomic E-state index is 11.5. The molecular formula is C23H27BrN2O3. The van der Waals surface area contributed by atoms with Crippen LogP contribution >= 0.6 is 15.9 Å². The number of ether oxygens (including phenoxy) is 1. The van der Waals surface area contributed by atoms with Gasteiger partial charge in [0.2, 0.25) is 5.91 Å². The number of hydrogen-bond acceptors (Lipinski definition) is 4. The molecule has 1 fully saturated rings. The number of nitrogens with zero attached hydrogens (tertiary/aromatic N) is 1. The van der Waals surface area contributed by atoms with Crippen molar-refractivity contribution in [2.24, 2.45) is 0 Å². The smallest absolute Gasteiger partial charge is 0.224 e. The van der Waals surface area contributed by atoms with Gasteiger partial charge in [0.05, 0.1) is 12.2 Å². The van der Waals surface area contributed by atoms with Gasteiger partial charge < -0.3 is 20.1 Å². The van der Waals surface area contributed by atoms with Gasteiger partial charge in [0, 0.05) is 41.8 Å². The molecule has 154 valence electrons. The fourth-order valence-electron chi connectivity index (χ4n) is 4.21. The highest BCUT2D eigenvalue weighted by molar-refractivity contribution is 9.10. The van der Waals surface area contributed by atoms with Gasteiger partial charge in [-0.25, -0.2) is 0 Å². The number of aliphatic hydroxyl groups is 1. The number of halogens is 1. The third-order valence-electron chi connectivity index (χ3n) is 5.93. The molecule has 4 rings (SSSR count). The number of anilines is 1. The maximum absolute atomic E-state index is 11.5. The average Bonchev–Trinajstić information content (AvgIpc) is 2.72. The molecule has 2 aliphatic rings. The Labute approximate surface area is 180 Å². The van der Waals surface area contributed by atoms with E-state index in [1.807, 2.05) is 42.5 Å². The molecule has 0 aliphatic carbocycles. The van der Waals surface area contributed by atoms with Gasteiger partial charge in [0.25, 0.3) is 0 Å². The van der Waals surface area contributed by atoms with Gasteiger partial charge >= 0.3 is 0 Å². The molecule has 5 nitrogen and oxygen atoms in total. The predicted molar refractivity (Wildman–Crippen MR) is 117 cm³/mol. The van der Waals surface area contributed by atoms with E-state index in [1.165, 1.54) is 0 Å². The van der Waals surface area contributed by atoms with Crippen molar-refractivity contribution in [1.82, 2.24) is 4.90 Å². The van der Waals surface area contributed by atoms with Crippen LogP contribution in [-0.4, -0.2) is 42.2 Å². The molecule has 0 spiro atoms. The molecule has 1 amide bonds. The number of likely N-dealkylation sites (tertiary alicyclic amines) is 1. The lowest BCUT2D eigenvalue weighted by molar-refractivity contribution is -0.116. The van der Waals surface area contributed by atoms with E-state index < -0.39 is 5.60 Å². The molecule has 0 unspecified atom stereocenters. The Morgan fingerprint density at radius 2 is 1.93 bits per heavy atom. The monoisotopic (exact) mass is 458 g/mol. The van der Waals surface area contributed by atoms with E-state index in [0.717, 1.165) is 72.4 Å². The fraction of sp³-hybridized carbons (Fsp3) is 0.435. The van der Waals surface area contributed by atoms with Crippen molar-refractivity contribution in [3.63, 3.8) is 0 Å². The zero-order chi connectivity index (χ0) is 20.3. The van der Waals surface area contributed by atoms with E-state index in [1.54, 1.807) is 0 Å². The lowest BCUT2D eigenvalue weighted by Crippen LogP contribution is -2.43. The Morgan fingerprint density at radius 1 is 1.14 bits per heavy atom. The number of hydrogen-bond donors (Lipinski definition) is 2. The molecule has 2 aromatic rings. The molecule has 0 aromatic heterocycles. The third kappa shape index (κ3) is 4.82. The summed E-state index contributed by atoms with van der Waals surface area (Å²) in [5.74, 6) is 0.952. The van der Waals surface area contributed by atoms with Crippen LogP contribution in [0, 0.1) is 0 Å². The van der Waals surface area contributed by atoms with Crippen LogP contribution in [0.5, 0.6) is 5.75 Å². The van der Waals surface area contributed by atoms with Crippen LogP contribution in [0.25, 0.3) is 0 Å². The van der Waals surface area contributed by atoms with E-state index in [2.05, 4.69) is 26.1 Å². The van der Waals surface area contributed by atoms with Crippen LogP contribution in [0.15, 0.2) is 46.9 Å². The standard InChI is InChI=1S/C23H27BrN2O3/c24-18-5-1-4-17(16-18)23(28)10-13-26(14-11-23)12-3-15-29-21-7-2-6-20-19(21)8-9-22(27)25-20/h1-2,4-7,16,28H,3,8-15H2,(H,25,27). The van der Waals surface area contributed by atoms with E-state index in [-0.39, 0.29) is 5.91 Å². The highest BCUT2D eigenvalue weighted by Crippen LogP contribution is 2.34. The molecule has 0 radical (unpaired) electrons. The lowest BCUT2D eigenvalue weighted by Gasteiger charge is -2.38. The summed E-state index contributed by atoms with van der Waals surface area (Å²) in [6.07, 6.45) is 3.68. The highest BCUT2D eigenvalue weighted by atomic mass is 79.9. The van der Waals surface area contributed by atoms with Crippen molar-refractivity contribution in [3.8, 4) is 5.75 Å². The number of amides is 1. The highest BCUT2D eigenvalue weighted by Gasteiger charge is 2.33. The van der Waals surface area contributed by atoms with Gasteiger partial charge in [0.1, 0.15) is 5.75 Å². The van der Waals surface area contributed by atoms with Crippen molar-refractivity contribution in [3.05, 3.63) is 58.1 Å². The number of piperidine rings is 1. The van der Waals surface area contributed by atoms with Crippen molar-refractivity contribution in [1.29, 1.82) is 0 Å². The number of carbonyl (C=O) groups is 1. The fourth-order valence-corrected chi connectivity index (χ4v) is 4.61. The molecule has 0 saturated carbocycles. The second-order valence-electron chi connectivity index (χ2n) is 7.92. The molecule has 1 saturated heterocycles. The Bertz CT molecular complexity index is 878. The van der Waals surface area contributed by atoms with E-state index >= 15 is 0 Å². The zero-order valence-electron chi connectivity index (χ0n) is 16.5. The SMILES string of the molecule is O=C1CCc2c(cccc2OCCCN2CCC(O)(c3cccc(Br)c3)CC2)N1.